The molecule has 0 rings (SSSR count). The number of thioether (sulfide) groups is 1. The molecule has 0 bridgehead atoms. The molecule has 13 atom stereocenters. The molecule has 0 aromatic carbocycles. The standard InChI is InChI=1S/C56H98N14O21S/c1-25(2)20-34(49(83)61-31(15-16-39(76)77)47(81)63-33(56(90)91)14-12-13-18-57)65-52(86)42(27(5)6)68-55(89)45(30(10)73)70-53(87)43(28(7)8)69-54(88)44(29(9)72)67-38(75)23-59-37(74)22-60-46(80)36(24-71)66-48(82)32(17-19-92-11)62-50(84)35(21-40(78)79)64-51(85)41(58)26(3)4/h25-36,41-45,71-73H,12-24,57-58H2,1-11H3,(H,59,74)(H,60,80)(H,61,83)(H,62,84)(H,63,81)(H,64,85)(H,65,86)(H,66,82)(H,67,75)(H,68,89)(H,69,88)(H,70,87)(H,76,77)(H,78,79)(H,90,91)/t29-,30-,31+,32+,33+,34+,35+,36+,41+,42+,43+,44+,45+/m1/s1. The van der Waals surface area contributed by atoms with Crippen LogP contribution in [-0.4, -0.2) is 236 Å². The fourth-order valence-corrected chi connectivity index (χ4v) is 8.83. The third kappa shape index (κ3) is 32.0. The van der Waals surface area contributed by atoms with E-state index in [-0.39, 0.29) is 43.4 Å². The molecule has 12 amide bonds. The number of nitrogens with two attached hydrogens (primary N) is 2. The summed E-state index contributed by atoms with van der Waals surface area (Å²) in [4.78, 5) is 196. The second-order valence-electron chi connectivity index (χ2n) is 23.4. The Morgan fingerprint density at radius 2 is 0.848 bits per heavy atom. The van der Waals surface area contributed by atoms with Crippen LogP contribution in [0.5, 0.6) is 0 Å². The van der Waals surface area contributed by atoms with Crippen LogP contribution in [0.4, 0.5) is 0 Å². The SMILES string of the molecule is CSCC[C@H](NC(=O)[C@H](CC(=O)O)NC(=O)[C@@H](N)C(C)C)C(=O)N[C@@H](CO)C(=O)NCC(=O)NCC(=O)N[C@H](C(=O)N[C@H](C(=O)N[C@H](C(=O)N[C@H](C(=O)N[C@@H](CC(C)C)C(=O)N[C@@H](CCC(=O)O)C(=O)N[C@@H](CCCCN)C(=O)O)C(C)C)[C@@H](C)O)C(C)C)[C@@H](C)O. The maximum absolute atomic E-state index is 14.0. The number of aliphatic carboxylic acids is 3. The summed E-state index contributed by atoms with van der Waals surface area (Å²) in [7, 11) is 0. The van der Waals surface area contributed by atoms with E-state index in [0.717, 1.165) is 13.8 Å². The Hall–Kier alpha value is -7.80. The Morgan fingerprint density at radius 3 is 1.29 bits per heavy atom. The van der Waals surface area contributed by atoms with Crippen LogP contribution >= 0.6 is 11.8 Å². The van der Waals surface area contributed by atoms with E-state index in [1.165, 1.54) is 39.5 Å². The maximum atomic E-state index is 14.0. The van der Waals surface area contributed by atoms with Crippen LogP contribution in [0.3, 0.4) is 0 Å². The molecule has 0 fully saturated rings. The Morgan fingerprint density at radius 1 is 0.424 bits per heavy atom. The first-order chi connectivity index (χ1) is 42.8. The van der Waals surface area contributed by atoms with Gasteiger partial charge >= 0.3 is 17.9 Å². The minimum absolute atomic E-state index is 0.0154. The molecule has 0 aromatic heterocycles. The van der Waals surface area contributed by atoms with E-state index in [9.17, 15) is 103 Å². The molecule has 35 nitrogen and oxygen atoms in total. The van der Waals surface area contributed by atoms with Crippen molar-refractivity contribution in [2.45, 2.75) is 199 Å². The second-order valence-corrected chi connectivity index (χ2v) is 24.3. The van der Waals surface area contributed by atoms with Crippen LogP contribution in [0.25, 0.3) is 0 Å². The monoisotopic (exact) mass is 1330 g/mol. The molecule has 0 aliphatic carbocycles. The number of amides is 12. The fraction of sp³-hybridized carbons (Fsp3) is 0.732. The van der Waals surface area contributed by atoms with Crippen molar-refractivity contribution in [3.8, 4) is 0 Å². The Balaban J connectivity index is 6.08. The van der Waals surface area contributed by atoms with Gasteiger partial charge in [-0.25, -0.2) is 4.79 Å². The lowest BCUT2D eigenvalue weighted by atomic mass is 9.98. The van der Waals surface area contributed by atoms with Gasteiger partial charge in [0.15, 0.2) is 0 Å². The first-order valence-electron chi connectivity index (χ1n) is 30.0. The van der Waals surface area contributed by atoms with Crippen molar-refractivity contribution in [3.63, 3.8) is 0 Å². The summed E-state index contributed by atoms with van der Waals surface area (Å²) in [6.45, 7) is 12.4. The van der Waals surface area contributed by atoms with E-state index >= 15 is 0 Å². The highest BCUT2D eigenvalue weighted by atomic mass is 32.2. The first-order valence-corrected chi connectivity index (χ1v) is 31.4. The van der Waals surface area contributed by atoms with Gasteiger partial charge in [-0.05, 0) is 94.6 Å². The van der Waals surface area contributed by atoms with Gasteiger partial charge in [-0.3, -0.25) is 67.1 Å². The molecule has 0 aliphatic heterocycles. The van der Waals surface area contributed by atoms with E-state index < -0.39 is 218 Å². The molecule has 22 N–H and O–H groups in total. The van der Waals surface area contributed by atoms with Gasteiger partial charge < -0.3 is 106 Å². The summed E-state index contributed by atoms with van der Waals surface area (Å²) in [5.41, 5.74) is 11.3. The molecule has 0 unspecified atom stereocenters. The van der Waals surface area contributed by atoms with E-state index in [2.05, 4.69) is 63.8 Å². The van der Waals surface area contributed by atoms with Crippen molar-refractivity contribution in [2.75, 3.05) is 38.2 Å². The minimum atomic E-state index is -1.82. The molecular formula is C56H98N14O21S. The van der Waals surface area contributed by atoms with Crippen LogP contribution in [-0.2, 0) is 71.9 Å². The zero-order valence-electron chi connectivity index (χ0n) is 53.9. The van der Waals surface area contributed by atoms with Crippen LogP contribution < -0.4 is 75.3 Å². The van der Waals surface area contributed by atoms with Gasteiger partial charge in [0, 0.05) is 6.42 Å². The molecule has 92 heavy (non-hydrogen) atoms. The van der Waals surface area contributed by atoms with E-state index in [1.54, 1.807) is 34.0 Å². The van der Waals surface area contributed by atoms with E-state index in [0.29, 0.717) is 12.8 Å². The van der Waals surface area contributed by atoms with Gasteiger partial charge in [0.05, 0.1) is 44.4 Å². The molecule has 0 saturated heterocycles. The van der Waals surface area contributed by atoms with Crippen molar-refractivity contribution in [2.24, 2.45) is 35.1 Å². The lowest BCUT2D eigenvalue weighted by Crippen LogP contribution is -2.63. The summed E-state index contributed by atoms with van der Waals surface area (Å²) < 4.78 is 0. The minimum Gasteiger partial charge on any atom is -0.481 e. The topological polar surface area (TPSA) is 574 Å². The number of rotatable bonds is 45. The quantitative estimate of drug-likeness (QED) is 0.0252. The largest absolute Gasteiger partial charge is 0.481 e. The Bertz CT molecular complexity index is 2520. The summed E-state index contributed by atoms with van der Waals surface area (Å²) in [5, 5.41) is 87.6. The average molecular weight is 1340 g/mol. The average Bonchev–Trinajstić information content (AvgIpc) is 0.886. The van der Waals surface area contributed by atoms with Crippen molar-refractivity contribution in [1.82, 2.24) is 63.8 Å². The number of carboxylic acids is 3. The number of carbonyl (C=O) groups is 15. The Kier molecular flexibility index (Phi) is 39.5. The summed E-state index contributed by atoms with van der Waals surface area (Å²) >= 11 is 1.27. The van der Waals surface area contributed by atoms with Crippen LogP contribution in [0.15, 0.2) is 0 Å². The third-order valence-electron chi connectivity index (χ3n) is 13.8. The zero-order valence-corrected chi connectivity index (χ0v) is 54.7. The highest BCUT2D eigenvalue weighted by Gasteiger charge is 2.39. The molecule has 0 radical (unpaired) electrons. The predicted octanol–water partition coefficient (Wildman–Crippen LogP) is -6.53. The number of aliphatic hydroxyl groups is 3. The van der Waals surface area contributed by atoms with Gasteiger partial charge in [-0.15, -0.1) is 0 Å². The highest BCUT2D eigenvalue weighted by Crippen LogP contribution is 2.13. The van der Waals surface area contributed by atoms with Crippen LogP contribution in [0.2, 0.25) is 0 Å². The van der Waals surface area contributed by atoms with Gasteiger partial charge in [-0.1, -0.05) is 55.4 Å². The third-order valence-corrected chi connectivity index (χ3v) is 14.4. The summed E-state index contributed by atoms with van der Waals surface area (Å²) in [6.07, 6.45) is -2.94. The molecule has 36 heteroatoms. The molecule has 0 spiro atoms. The van der Waals surface area contributed by atoms with Crippen molar-refractivity contribution >= 4 is 101 Å². The molecule has 0 aliphatic rings. The molecule has 0 saturated carbocycles. The molecular weight excluding hydrogens is 1240 g/mol. The number of nitrogens with one attached hydrogen (secondary N) is 12. The van der Waals surface area contributed by atoms with Gasteiger partial charge in [-0.2, -0.15) is 11.8 Å². The van der Waals surface area contributed by atoms with E-state index in [4.69, 9.17) is 11.5 Å². The number of unbranched alkanes of at least 4 members (excludes halogenated alkanes) is 1. The first kappa shape index (κ1) is 84.2. The van der Waals surface area contributed by atoms with Gasteiger partial charge in [0.2, 0.25) is 70.9 Å². The van der Waals surface area contributed by atoms with Crippen molar-refractivity contribution in [1.29, 1.82) is 0 Å². The van der Waals surface area contributed by atoms with Crippen molar-refractivity contribution < 1.29 is 103 Å². The van der Waals surface area contributed by atoms with Gasteiger partial charge in [0.25, 0.3) is 0 Å². The number of aliphatic hydroxyl groups excluding tert-OH is 3. The number of carbonyl (C=O) groups excluding carboxylic acids is 12. The molecule has 0 heterocycles. The van der Waals surface area contributed by atoms with Crippen LogP contribution in [0.1, 0.15) is 121 Å². The predicted molar refractivity (Wildman–Crippen MR) is 330 cm³/mol. The van der Waals surface area contributed by atoms with Gasteiger partial charge in [0.1, 0.15) is 60.4 Å². The van der Waals surface area contributed by atoms with Crippen molar-refractivity contribution in [3.05, 3.63) is 0 Å². The lowest BCUT2D eigenvalue weighted by molar-refractivity contribution is -0.143. The van der Waals surface area contributed by atoms with Crippen LogP contribution in [0, 0.1) is 23.7 Å². The Labute approximate surface area is 537 Å². The lowest BCUT2D eigenvalue weighted by Gasteiger charge is -2.31. The second kappa shape index (κ2) is 43.1. The number of hydrogen-bond acceptors (Lipinski definition) is 21. The molecule has 524 valence electrons. The highest BCUT2D eigenvalue weighted by molar-refractivity contribution is 7.98. The number of hydrogen-bond donors (Lipinski definition) is 20. The zero-order chi connectivity index (χ0) is 70.9. The summed E-state index contributed by atoms with van der Waals surface area (Å²) in [6, 6.07) is -16.9. The smallest absolute Gasteiger partial charge is 0.326 e. The number of carboxylic acid groups (broad SMARTS) is 3. The summed E-state index contributed by atoms with van der Waals surface area (Å²) in [5.74, 6) is -18.4. The normalized spacial score (nSPS) is 15.5. The maximum Gasteiger partial charge on any atom is 0.326 e. The molecule has 0 aromatic rings. The van der Waals surface area contributed by atoms with E-state index in [1.807, 2.05) is 0 Å². The fourth-order valence-electron chi connectivity index (χ4n) is 8.36.